The molecule has 0 aliphatic carbocycles. The molecule has 1 N–H and O–H groups in total. The lowest BCUT2D eigenvalue weighted by Crippen LogP contribution is -2.36. The first-order valence-corrected chi connectivity index (χ1v) is 9.66. The molecular weight excluding hydrogens is 406 g/mol. The number of anilines is 2. The van der Waals surface area contributed by atoms with Crippen molar-refractivity contribution in [2.24, 2.45) is 0 Å². The quantitative estimate of drug-likeness (QED) is 0.405. The van der Waals surface area contributed by atoms with Gasteiger partial charge in [-0.3, -0.25) is 14.9 Å². The maximum absolute atomic E-state index is 12.4. The molecule has 1 aliphatic rings. The first-order chi connectivity index (χ1) is 14.9. The standard InChI is InChI=1S/C21H23N3O7/c1-14(31-21(26)15-3-8-19(29-2)18(13-15)24(27)28)20(25)22-16-4-6-17(7-5-16)23-9-11-30-12-10-23/h3-8,13-14H,9-12H2,1-2H3,(H,22,25). The molecule has 0 saturated carbocycles. The van der Waals surface area contributed by atoms with Crippen molar-refractivity contribution in [3.05, 3.63) is 58.1 Å². The molecule has 0 radical (unpaired) electrons. The van der Waals surface area contributed by atoms with Crippen LogP contribution >= 0.6 is 0 Å². The number of carbonyl (C=O) groups excluding carboxylic acids is 2. The van der Waals surface area contributed by atoms with E-state index in [4.69, 9.17) is 14.2 Å². The molecule has 3 rings (SSSR count). The number of nitrogens with zero attached hydrogens (tertiary/aromatic N) is 2. The summed E-state index contributed by atoms with van der Waals surface area (Å²) in [5.41, 5.74) is 1.17. The number of amides is 1. The van der Waals surface area contributed by atoms with Crippen LogP contribution < -0.4 is 15.0 Å². The van der Waals surface area contributed by atoms with Gasteiger partial charge in [-0.25, -0.2) is 4.79 Å². The van der Waals surface area contributed by atoms with E-state index in [2.05, 4.69) is 10.2 Å². The number of carbonyl (C=O) groups is 2. The van der Waals surface area contributed by atoms with E-state index in [0.717, 1.165) is 24.8 Å². The minimum absolute atomic E-state index is 0.0212. The Morgan fingerprint density at radius 1 is 1.16 bits per heavy atom. The van der Waals surface area contributed by atoms with E-state index < -0.39 is 22.9 Å². The molecule has 164 valence electrons. The second kappa shape index (κ2) is 9.90. The van der Waals surface area contributed by atoms with Crippen LogP contribution in [0.4, 0.5) is 17.1 Å². The lowest BCUT2D eigenvalue weighted by Gasteiger charge is -2.28. The van der Waals surface area contributed by atoms with Crippen molar-refractivity contribution in [1.82, 2.24) is 0 Å². The number of ether oxygens (including phenoxy) is 3. The number of esters is 1. The summed E-state index contributed by atoms with van der Waals surface area (Å²) in [4.78, 5) is 37.4. The number of benzene rings is 2. The largest absolute Gasteiger partial charge is 0.490 e. The van der Waals surface area contributed by atoms with Crippen LogP contribution in [0.25, 0.3) is 0 Å². The molecule has 10 nitrogen and oxygen atoms in total. The molecule has 1 heterocycles. The number of rotatable bonds is 7. The molecule has 2 aromatic rings. The Labute approximate surface area is 178 Å². The van der Waals surface area contributed by atoms with Gasteiger partial charge in [-0.2, -0.15) is 0 Å². The summed E-state index contributed by atoms with van der Waals surface area (Å²) in [6, 6.07) is 11.0. The third-order valence-electron chi connectivity index (χ3n) is 4.78. The third-order valence-corrected chi connectivity index (χ3v) is 4.78. The summed E-state index contributed by atoms with van der Waals surface area (Å²) in [6.07, 6.45) is -1.10. The average molecular weight is 429 g/mol. The summed E-state index contributed by atoms with van der Waals surface area (Å²) < 4.78 is 15.4. The number of hydrogen-bond donors (Lipinski definition) is 1. The van der Waals surface area contributed by atoms with Crippen molar-refractivity contribution in [2.75, 3.05) is 43.6 Å². The van der Waals surface area contributed by atoms with Crippen LogP contribution in [-0.2, 0) is 14.3 Å². The fourth-order valence-corrected chi connectivity index (χ4v) is 3.06. The highest BCUT2D eigenvalue weighted by Gasteiger charge is 2.23. The zero-order valence-electron chi connectivity index (χ0n) is 17.2. The normalized spacial score (nSPS) is 14.5. The Morgan fingerprint density at radius 3 is 2.45 bits per heavy atom. The summed E-state index contributed by atoms with van der Waals surface area (Å²) in [5.74, 6) is -1.35. The maximum Gasteiger partial charge on any atom is 0.339 e. The van der Waals surface area contributed by atoms with Gasteiger partial charge in [0, 0.05) is 30.5 Å². The molecule has 1 fully saturated rings. The van der Waals surface area contributed by atoms with Crippen LogP contribution in [-0.4, -0.2) is 56.3 Å². The van der Waals surface area contributed by atoms with Crippen LogP contribution in [0.5, 0.6) is 5.75 Å². The number of hydrogen-bond acceptors (Lipinski definition) is 8. The Balaban J connectivity index is 1.59. The van der Waals surface area contributed by atoms with Crippen LogP contribution in [0.15, 0.2) is 42.5 Å². The van der Waals surface area contributed by atoms with Crippen molar-refractivity contribution in [2.45, 2.75) is 13.0 Å². The monoisotopic (exact) mass is 429 g/mol. The number of morpholine rings is 1. The summed E-state index contributed by atoms with van der Waals surface area (Å²) in [6.45, 7) is 4.40. The molecule has 0 aromatic heterocycles. The molecule has 0 bridgehead atoms. The molecule has 0 spiro atoms. The predicted molar refractivity (Wildman–Crippen MR) is 113 cm³/mol. The lowest BCUT2D eigenvalue weighted by molar-refractivity contribution is -0.385. The van der Waals surface area contributed by atoms with Gasteiger partial charge in [0.2, 0.25) is 0 Å². The molecule has 1 atom stereocenters. The molecule has 1 unspecified atom stereocenters. The molecular formula is C21H23N3O7. The van der Waals surface area contributed by atoms with Gasteiger partial charge in [0.1, 0.15) is 0 Å². The first kappa shape index (κ1) is 22.0. The molecule has 1 saturated heterocycles. The highest BCUT2D eigenvalue weighted by molar-refractivity contribution is 5.97. The van der Waals surface area contributed by atoms with Gasteiger partial charge in [-0.15, -0.1) is 0 Å². The summed E-state index contributed by atoms with van der Waals surface area (Å²) in [5, 5.41) is 13.8. The molecule has 1 amide bonds. The molecule has 31 heavy (non-hydrogen) atoms. The Morgan fingerprint density at radius 2 is 1.84 bits per heavy atom. The van der Waals surface area contributed by atoms with Crippen molar-refractivity contribution >= 4 is 28.9 Å². The topological polar surface area (TPSA) is 120 Å². The fraction of sp³-hybridized carbons (Fsp3) is 0.333. The van der Waals surface area contributed by atoms with Gasteiger partial charge in [0.15, 0.2) is 11.9 Å². The highest BCUT2D eigenvalue weighted by atomic mass is 16.6. The van der Waals surface area contributed by atoms with E-state index in [9.17, 15) is 19.7 Å². The number of nitro benzene ring substituents is 1. The third kappa shape index (κ3) is 5.48. The Hall–Kier alpha value is -3.66. The molecule has 1 aliphatic heterocycles. The van der Waals surface area contributed by atoms with E-state index in [1.807, 2.05) is 12.1 Å². The highest BCUT2D eigenvalue weighted by Crippen LogP contribution is 2.28. The van der Waals surface area contributed by atoms with Gasteiger partial charge in [-0.1, -0.05) is 0 Å². The van der Waals surface area contributed by atoms with Gasteiger partial charge in [-0.05, 0) is 43.3 Å². The van der Waals surface area contributed by atoms with Crippen molar-refractivity contribution in [1.29, 1.82) is 0 Å². The Bertz CT molecular complexity index is 956. The minimum atomic E-state index is -1.10. The second-order valence-corrected chi connectivity index (χ2v) is 6.83. The van der Waals surface area contributed by atoms with E-state index in [-0.39, 0.29) is 17.0 Å². The lowest BCUT2D eigenvalue weighted by atomic mass is 10.2. The van der Waals surface area contributed by atoms with Crippen LogP contribution in [0.3, 0.4) is 0 Å². The van der Waals surface area contributed by atoms with Gasteiger partial charge in [0.25, 0.3) is 5.91 Å². The van der Waals surface area contributed by atoms with Crippen LogP contribution in [0.2, 0.25) is 0 Å². The maximum atomic E-state index is 12.4. The van der Waals surface area contributed by atoms with Crippen molar-refractivity contribution in [3.63, 3.8) is 0 Å². The minimum Gasteiger partial charge on any atom is -0.490 e. The van der Waals surface area contributed by atoms with Crippen LogP contribution in [0.1, 0.15) is 17.3 Å². The van der Waals surface area contributed by atoms with E-state index in [0.29, 0.717) is 18.9 Å². The zero-order valence-corrected chi connectivity index (χ0v) is 17.2. The predicted octanol–water partition coefficient (Wildman–Crippen LogP) is 2.62. The van der Waals surface area contributed by atoms with E-state index >= 15 is 0 Å². The SMILES string of the molecule is COc1ccc(C(=O)OC(C)C(=O)Nc2ccc(N3CCOCC3)cc2)cc1[N+](=O)[O-]. The number of nitrogens with one attached hydrogen (secondary N) is 1. The zero-order chi connectivity index (χ0) is 22.4. The van der Waals surface area contributed by atoms with Crippen molar-refractivity contribution < 1.29 is 28.7 Å². The average Bonchev–Trinajstić information content (AvgIpc) is 2.79. The second-order valence-electron chi connectivity index (χ2n) is 6.83. The van der Waals surface area contributed by atoms with E-state index in [1.54, 1.807) is 12.1 Å². The molecule has 10 heteroatoms. The molecule has 2 aromatic carbocycles. The first-order valence-electron chi connectivity index (χ1n) is 9.66. The van der Waals surface area contributed by atoms with Gasteiger partial charge < -0.3 is 24.4 Å². The summed E-state index contributed by atoms with van der Waals surface area (Å²) >= 11 is 0. The number of nitro groups is 1. The van der Waals surface area contributed by atoms with Gasteiger partial charge in [0.05, 0.1) is 30.8 Å². The Kier molecular flexibility index (Phi) is 7.03. The number of methoxy groups -OCH3 is 1. The van der Waals surface area contributed by atoms with Crippen molar-refractivity contribution in [3.8, 4) is 5.75 Å². The fourth-order valence-electron chi connectivity index (χ4n) is 3.06. The van der Waals surface area contributed by atoms with E-state index in [1.165, 1.54) is 26.2 Å². The summed E-state index contributed by atoms with van der Waals surface area (Å²) in [7, 11) is 1.29. The van der Waals surface area contributed by atoms with Crippen LogP contribution in [0, 0.1) is 10.1 Å². The van der Waals surface area contributed by atoms with Gasteiger partial charge >= 0.3 is 11.7 Å². The smallest absolute Gasteiger partial charge is 0.339 e.